The first kappa shape index (κ1) is 20.3. The number of carbonyl (C=O) groups is 3. The van der Waals surface area contributed by atoms with Crippen LogP contribution in [0.1, 0.15) is 17.0 Å². The average molecular weight is 419 g/mol. The number of hydrogen-bond donors (Lipinski definition) is 1. The van der Waals surface area contributed by atoms with Crippen LogP contribution < -0.4 is 10.6 Å². The normalized spacial score (nSPS) is 10.7. The fraction of sp³-hybridized carbons (Fsp3) is 0.150. The minimum atomic E-state index is -0.834. The van der Waals surface area contributed by atoms with E-state index in [1.165, 1.54) is 35.2 Å². The SMILES string of the molecule is NC(=O)CCN(C(=O)COC(=O)c1cc2cc(Cl)ccc2o1)c1ccc(F)cc1. The third-order valence-electron chi connectivity index (χ3n) is 4.03. The summed E-state index contributed by atoms with van der Waals surface area (Å²) < 4.78 is 23.6. The van der Waals surface area contributed by atoms with E-state index in [1.54, 1.807) is 18.2 Å². The predicted molar refractivity (Wildman–Crippen MR) is 104 cm³/mol. The summed E-state index contributed by atoms with van der Waals surface area (Å²) in [5.74, 6) is -2.61. The molecule has 0 unspecified atom stereocenters. The van der Waals surface area contributed by atoms with Gasteiger partial charge >= 0.3 is 5.97 Å². The first-order chi connectivity index (χ1) is 13.8. The van der Waals surface area contributed by atoms with E-state index < -0.39 is 30.2 Å². The molecule has 0 aliphatic rings. The van der Waals surface area contributed by atoms with Gasteiger partial charge in [-0.2, -0.15) is 0 Å². The topological polar surface area (TPSA) is 103 Å². The van der Waals surface area contributed by atoms with Gasteiger partial charge in [-0.15, -0.1) is 0 Å². The molecule has 9 heteroatoms. The largest absolute Gasteiger partial charge is 0.450 e. The molecule has 29 heavy (non-hydrogen) atoms. The number of rotatable bonds is 7. The zero-order chi connectivity index (χ0) is 21.0. The number of primary amides is 1. The molecule has 1 heterocycles. The molecule has 0 atom stereocenters. The van der Waals surface area contributed by atoms with E-state index in [0.717, 1.165) is 0 Å². The van der Waals surface area contributed by atoms with E-state index in [1.807, 2.05) is 0 Å². The van der Waals surface area contributed by atoms with Crippen LogP contribution in [-0.4, -0.2) is 30.9 Å². The Hall–Kier alpha value is -3.39. The third-order valence-corrected chi connectivity index (χ3v) is 4.26. The lowest BCUT2D eigenvalue weighted by atomic mass is 10.2. The highest BCUT2D eigenvalue weighted by molar-refractivity contribution is 6.31. The number of nitrogens with two attached hydrogens (primary N) is 1. The third kappa shape index (κ3) is 5.11. The van der Waals surface area contributed by atoms with Crippen molar-refractivity contribution in [3.63, 3.8) is 0 Å². The van der Waals surface area contributed by atoms with Crippen molar-refractivity contribution >= 4 is 46.0 Å². The standard InChI is InChI=1S/C20H16ClFN2O5/c21-13-1-6-16-12(9-13)10-17(29-16)20(27)28-11-19(26)24(8-7-18(23)25)15-4-2-14(22)3-5-15/h1-6,9-10H,7-8,11H2,(H2,23,25). The minimum Gasteiger partial charge on any atom is -0.450 e. The number of anilines is 1. The summed E-state index contributed by atoms with van der Waals surface area (Å²) in [5, 5.41) is 1.10. The molecule has 2 amide bonds. The lowest BCUT2D eigenvalue weighted by Gasteiger charge is -2.22. The minimum absolute atomic E-state index is 0.0412. The Balaban J connectivity index is 1.69. The quantitative estimate of drug-likeness (QED) is 0.593. The molecule has 7 nitrogen and oxygen atoms in total. The van der Waals surface area contributed by atoms with E-state index in [4.69, 9.17) is 26.5 Å². The predicted octanol–water partition coefficient (Wildman–Crippen LogP) is 3.29. The summed E-state index contributed by atoms with van der Waals surface area (Å²) in [4.78, 5) is 37.1. The van der Waals surface area contributed by atoms with Gasteiger partial charge in [-0.3, -0.25) is 9.59 Å². The van der Waals surface area contributed by atoms with Gasteiger partial charge in [-0.25, -0.2) is 9.18 Å². The average Bonchev–Trinajstić information content (AvgIpc) is 3.10. The Morgan fingerprint density at radius 3 is 2.52 bits per heavy atom. The Labute approximate surface area is 169 Å². The molecule has 0 fully saturated rings. The number of halogens is 2. The summed E-state index contributed by atoms with van der Waals surface area (Å²) in [6, 6.07) is 11.4. The Morgan fingerprint density at radius 1 is 1.10 bits per heavy atom. The number of carbonyl (C=O) groups excluding carboxylic acids is 3. The summed E-state index contributed by atoms with van der Waals surface area (Å²) in [7, 11) is 0. The first-order valence-corrected chi connectivity index (χ1v) is 8.92. The number of hydrogen-bond acceptors (Lipinski definition) is 5. The fourth-order valence-corrected chi connectivity index (χ4v) is 2.81. The fourth-order valence-electron chi connectivity index (χ4n) is 2.63. The highest BCUT2D eigenvalue weighted by Crippen LogP contribution is 2.23. The van der Waals surface area contributed by atoms with Crippen molar-refractivity contribution < 1.29 is 27.9 Å². The molecule has 0 aliphatic carbocycles. The number of furan rings is 1. The van der Waals surface area contributed by atoms with Crippen molar-refractivity contribution in [1.82, 2.24) is 0 Å². The number of amides is 2. The van der Waals surface area contributed by atoms with Gasteiger partial charge in [0.25, 0.3) is 5.91 Å². The van der Waals surface area contributed by atoms with Crippen molar-refractivity contribution in [2.45, 2.75) is 6.42 Å². The Bertz CT molecular complexity index is 1060. The molecule has 0 bridgehead atoms. The molecule has 0 saturated carbocycles. The highest BCUT2D eigenvalue weighted by atomic mass is 35.5. The van der Waals surface area contributed by atoms with E-state index in [-0.39, 0.29) is 18.7 Å². The zero-order valence-electron chi connectivity index (χ0n) is 15.1. The Morgan fingerprint density at radius 2 is 1.83 bits per heavy atom. The molecule has 3 rings (SSSR count). The molecule has 0 saturated heterocycles. The van der Waals surface area contributed by atoms with Crippen LogP contribution in [-0.2, 0) is 14.3 Å². The summed E-state index contributed by atoms with van der Waals surface area (Å²) in [5.41, 5.74) is 5.93. The monoisotopic (exact) mass is 418 g/mol. The van der Waals surface area contributed by atoms with Gasteiger partial charge in [0.15, 0.2) is 6.61 Å². The lowest BCUT2D eigenvalue weighted by Crippen LogP contribution is -2.37. The second-order valence-corrected chi connectivity index (χ2v) is 6.54. The van der Waals surface area contributed by atoms with Gasteiger partial charge in [0, 0.05) is 29.1 Å². The molecule has 3 aromatic rings. The van der Waals surface area contributed by atoms with Gasteiger partial charge in [-0.1, -0.05) is 11.6 Å². The molecular formula is C20H16ClFN2O5. The molecule has 2 N–H and O–H groups in total. The van der Waals surface area contributed by atoms with Crippen LogP contribution in [0.25, 0.3) is 11.0 Å². The van der Waals surface area contributed by atoms with E-state index in [2.05, 4.69) is 0 Å². The highest BCUT2D eigenvalue weighted by Gasteiger charge is 2.21. The summed E-state index contributed by atoms with van der Waals surface area (Å²) >= 11 is 5.90. The van der Waals surface area contributed by atoms with Crippen molar-refractivity contribution in [1.29, 1.82) is 0 Å². The molecular weight excluding hydrogens is 403 g/mol. The van der Waals surface area contributed by atoms with E-state index in [9.17, 15) is 18.8 Å². The molecule has 0 radical (unpaired) electrons. The summed E-state index contributed by atoms with van der Waals surface area (Å²) in [6.07, 6.45) is -0.110. The van der Waals surface area contributed by atoms with Gasteiger partial charge in [0.1, 0.15) is 11.4 Å². The maximum Gasteiger partial charge on any atom is 0.374 e. The Kier molecular flexibility index (Phi) is 6.13. The summed E-state index contributed by atoms with van der Waals surface area (Å²) in [6.45, 7) is -0.646. The van der Waals surface area contributed by atoms with Crippen molar-refractivity contribution in [3.8, 4) is 0 Å². The first-order valence-electron chi connectivity index (χ1n) is 8.54. The zero-order valence-corrected chi connectivity index (χ0v) is 15.8. The van der Waals surface area contributed by atoms with Gasteiger partial charge in [-0.05, 0) is 48.5 Å². The van der Waals surface area contributed by atoms with Crippen LogP contribution in [0.5, 0.6) is 0 Å². The molecule has 0 aliphatic heterocycles. The van der Waals surface area contributed by atoms with Crippen LogP contribution in [0.3, 0.4) is 0 Å². The van der Waals surface area contributed by atoms with Crippen LogP contribution in [0.2, 0.25) is 5.02 Å². The maximum atomic E-state index is 13.2. The number of ether oxygens (including phenoxy) is 1. The number of nitrogens with zero attached hydrogens (tertiary/aromatic N) is 1. The van der Waals surface area contributed by atoms with Crippen molar-refractivity contribution in [3.05, 3.63) is 65.1 Å². The second-order valence-electron chi connectivity index (χ2n) is 6.11. The van der Waals surface area contributed by atoms with Crippen LogP contribution in [0, 0.1) is 5.82 Å². The van der Waals surface area contributed by atoms with Crippen molar-refractivity contribution in [2.24, 2.45) is 5.73 Å². The van der Waals surface area contributed by atoms with Gasteiger partial charge in [0.05, 0.1) is 0 Å². The van der Waals surface area contributed by atoms with Crippen LogP contribution >= 0.6 is 11.6 Å². The lowest BCUT2D eigenvalue weighted by molar-refractivity contribution is -0.122. The molecule has 0 spiro atoms. The van der Waals surface area contributed by atoms with Gasteiger partial charge in [0.2, 0.25) is 11.7 Å². The molecule has 1 aromatic heterocycles. The second kappa shape index (κ2) is 8.74. The van der Waals surface area contributed by atoms with Crippen molar-refractivity contribution in [2.75, 3.05) is 18.1 Å². The van der Waals surface area contributed by atoms with Gasteiger partial charge < -0.3 is 19.8 Å². The molecule has 150 valence electrons. The number of benzene rings is 2. The number of fused-ring (bicyclic) bond motifs is 1. The molecule has 2 aromatic carbocycles. The van der Waals surface area contributed by atoms with E-state index >= 15 is 0 Å². The van der Waals surface area contributed by atoms with Crippen LogP contribution in [0.15, 0.2) is 52.9 Å². The smallest absolute Gasteiger partial charge is 0.374 e. The van der Waals surface area contributed by atoms with E-state index in [0.29, 0.717) is 21.7 Å². The van der Waals surface area contributed by atoms with Crippen LogP contribution in [0.4, 0.5) is 10.1 Å². The number of esters is 1. The maximum absolute atomic E-state index is 13.2.